The summed E-state index contributed by atoms with van der Waals surface area (Å²) >= 11 is 1.31. The van der Waals surface area contributed by atoms with Crippen molar-refractivity contribution in [1.82, 2.24) is 4.98 Å². The van der Waals surface area contributed by atoms with E-state index in [-0.39, 0.29) is 18.2 Å². The number of benzene rings is 2. The second kappa shape index (κ2) is 9.54. The Balaban J connectivity index is 1.29. The SMILES string of the molecule is O=C(Cc1csc(NC(=O)c2ccccc2)n1)Nc1ccc(N2CCCCC2)cc1. The molecule has 0 aliphatic carbocycles. The van der Waals surface area contributed by atoms with Crippen LogP contribution in [0.25, 0.3) is 0 Å². The van der Waals surface area contributed by atoms with Gasteiger partial charge in [0.25, 0.3) is 5.91 Å². The molecule has 2 heterocycles. The van der Waals surface area contributed by atoms with E-state index in [1.54, 1.807) is 17.5 Å². The monoisotopic (exact) mass is 420 g/mol. The number of aromatic nitrogens is 1. The van der Waals surface area contributed by atoms with Gasteiger partial charge in [-0.1, -0.05) is 18.2 Å². The van der Waals surface area contributed by atoms with Crippen LogP contribution >= 0.6 is 11.3 Å². The van der Waals surface area contributed by atoms with E-state index in [0.717, 1.165) is 18.8 Å². The van der Waals surface area contributed by atoms with Crippen molar-refractivity contribution >= 4 is 39.7 Å². The van der Waals surface area contributed by atoms with Gasteiger partial charge in [-0.2, -0.15) is 0 Å². The lowest BCUT2D eigenvalue weighted by Crippen LogP contribution is -2.29. The molecule has 1 fully saturated rings. The van der Waals surface area contributed by atoms with Crippen molar-refractivity contribution in [1.29, 1.82) is 0 Å². The van der Waals surface area contributed by atoms with Crippen LogP contribution in [0.1, 0.15) is 35.3 Å². The van der Waals surface area contributed by atoms with Gasteiger partial charge in [-0.25, -0.2) is 4.98 Å². The number of carbonyl (C=O) groups is 2. The Labute approximate surface area is 180 Å². The Bertz CT molecular complexity index is 996. The van der Waals surface area contributed by atoms with Gasteiger partial charge in [0, 0.05) is 35.4 Å². The van der Waals surface area contributed by atoms with Crippen molar-refractivity contribution < 1.29 is 9.59 Å². The first-order valence-electron chi connectivity index (χ1n) is 10.1. The lowest BCUT2D eigenvalue weighted by molar-refractivity contribution is -0.115. The molecule has 2 aromatic carbocycles. The molecular formula is C23H24N4O2S. The third kappa shape index (κ3) is 5.24. The molecule has 3 aromatic rings. The number of carbonyl (C=O) groups excluding carboxylic acids is 2. The minimum absolute atomic E-state index is 0.132. The third-order valence-corrected chi connectivity index (χ3v) is 5.83. The summed E-state index contributed by atoms with van der Waals surface area (Å²) in [6.45, 7) is 2.19. The summed E-state index contributed by atoms with van der Waals surface area (Å²) in [5.41, 5.74) is 3.17. The van der Waals surface area contributed by atoms with Gasteiger partial charge in [0.1, 0.15) is 0 Å². The van der Waals surface area contributed by atoms with Gasteiger partial charge < -0.3 is 10.2 Å². The van der Waals surface area contributed by atoms with Crippen LogP contribution in [0.2, 0.25) is 0 Å². The Morgan fingerprint density at radius 1 is 0.933 bits per heavy atom. The molecule has 0 bridgehead atoms. The number of hydrogen-bond donors (Lipinski definition) is 2. The van der Waals surface area contributed by atoms with Gasteiger partial charge in [-0.05, 0) is 55.7 Å². The summed E-state index contributed by atoms with van der Waals surface area (Å²) in [5, 5.41) is 7.96. The van der Waals surface area contributed by atoms with Crippen LogP contribution < -0.4 is 15.5 Å². The molecule has 154 valence electrons. The highest BCUT2D eigenvalue weighted by Gasteiger charge is 2.13. The van der Waals surface area contributed by atoms with Crippen LogP contribution in [0.4, 0.5) is 16.5 Å². The zero-order valence-electron chi connectivity index (χ0n) is 16.6. The molecule has 1 aromatic heterocycles. The number of nitrogens with zero attached hydrogens (tertiary/aromatic N) is 2. The highest BCUT2D eigenvalue weighted by Crippen LogP contribution is 2.22. The van der Waals surface area contributed by atoms with E-state index in [1.807, 2.05) is 30.3 Å². The van der Waals surface area contributed by atoms with Crippen LogP contribution in [0, 0.1) is 0 Å². The second-order valence-corrected chi connectivity index (χ2v) is 8.14. The van der Waals surface area contributed by atoms with E-state index >= 15 is 0 Å². The first-order chi connectivity index (χ1) is 14.7. The van der Waals surface area contributed by atoms with Crippen molar-refractivity contribution in [2.24, 2.45) is 0 Å². The van der Waals surface area contributed by atoms with Gasteiger partial charge in [0.2, 0.25) is 5.91 Å². The molecule has 6 nitrogen and oxygen atoms in total. The van der Waals surface area contributed by atoms with E-state index in [1.165, 1.54) is 36.3 Å². The first-order valence-corrected chi connectivity index (χ1v) is 11.0. The number of amides is 2. The van der Waals surface area contributed by atoms with Crippen molar-refractivity contribution in [2.45, 2.75) is 25.7 Å². The normalized spacial score (nSPS) is 13.7. The molecule has 4 rings (SSSR count). The molecule has 0 saturated carbocycles. The van der Waals surface area contributed by atoms with Gasteiger partial charge in [0.15, 0.2) is 5.13 Å². The van der Waals surface area contributed by atoms with E-state index in [9.17, 15) is 9.59 Å². The number of anilines is 3. The molecule has 7 heteroatoms. The molecule has 1 aliphatic heterocycles. The van der Waals surface area contributed by atoms with E-state index in [0.29, 0.717) is 16.4 Å². The van der Waals surface area contributed by atoms with Crippen molar-refractivity contribution in [3.8, 4) is 0 Å². The van der Waals surface area contributed by atoms with Crippen molar-refractivity contribution in [3.05, 3.63) is 71.2 Å². The summed E-state index contributed by atoms with van der Waals surface area (Å²) in [7, 11) is 0. The molecule has 1 aliphatic rings. The van der Waals surface area contributed by atoms with Gasteiger partial charge in [-0.15, -0.1) is 11.3 Å². The Kier molecular flexibility index (Phi) is 6.39. The first kappa shape index (κ1) is 20.1. The number of hydrogen-bond acceptors (Lipinski definition) is 5. The number of thiazole rings is 1. The van der Waals surface area contributed by atoms with Crippen LogP contribution in [-0.2, 0) is 11.2 Å². The highest BCUT2D eigenvalue weighted by atomic mass is 32.1. The fourth-order valence-corrected chi connectivity index (χ4v) is 4.19. The van der Waals surface area contributed by atoms with E-state index in [4.69, 9.17) is 0 Å². The molecule has 0 atom stereocenters. The minimum atomic E-state index is -0.213. The molecular weight excluding hydrogens is 396 g/mol. The quantitative estimate of drug-likeness (QED) is 0.613. The Morgan fingerprint density at radius 3 is 2.40 bits per heavy atom. The lowest BCUT2D eigenvalue weighted by atomic mass is 10.1. The molecule has 0 spiro atoms. The summed E-state index contributed by atoms with van der Waals surface area (Å²) in [6, 6.07) is 17.0. The maximum absolute atomic E-state index is 12.4. The zero-order valence-corrected chi connectivity index (χ0v) is 17.5. The predicted molar refractivity (Wildman–Crippen MR) is 121 cm³/mol. The Morgan fingerprint density at radius 2 is 1.67 bits per heavy atom. The van der Waals surface area contributed by atoms with Gasteiger partial charge >= 0.3 is 0 Å². The molecule has 0 radical (unpaired) electrons. The van der Waals surface area contributed by atoms with Crippen LogP contribution in [-0.4, -0.2) is 29.9 Å². The summed E-state index contributed by atoms with van der Waals surface area (Å²) in [4.78, 5) is 31.3. The maximum Gasteiger partial charge on any atom is 0.257 e. The number of piperidine rings is 1. The van der Waals surface area contributed by atoms with E-state index in [2.05, 4.69) is 32.7 Å². The molecule has 2 N–H and O–H groups in total. The average molecular weight is 421 g/mol. The molecule has 1 saturated heterocycles. The summed E-state index contributed by atoms with van der Waals surface area (Å²) in [5.74, 6) is -0.346. The summed E-state index contributed by atoms with van der Waals surface area (Å²) < 4.78 is 0. The standard InChI is InChI=1S/C23H24N4O2S/c28-21(24-18-9-11-20(12-10-18)27-13-5-2-6-14-27)15-19-16-30-23(25-19)26-22(29)17-7-3-1-4-8-17/h1,3-4,7-12,16H,2,5-6,13-15H2,(H,24,28)(H,25,26,29). The molecule has 0 unspecified atom stereocenters. The zero-order chi connectivity index (χ0) is 20.8. The molecule has 30 heavy (non-hydrogen) atoms. The van der Waals surface area contributed by atoms with Crippen molar-refractivity contribution in [3.63, 3.8) is 0 Å². The Hall–Kier alpha value is -3.19. The van der Waals surface area contributed by atoms with Crippen LogP contribution in [0.3, 0.4) is 0 Å². The smallest absolute Gasteiger partial charge is 0.257 e. The van der Waals surface area contributed by atoms with E-state index < -0.39 is 0 Å². The maximum atomic E-state index is 12.4. The highest BCUT2D eigenvalue weighted by molar-refractivity contribution is 7.14. The number of rotatable bonds is 6. The fourth-order valence-electron chi connectivity index (χ4n) is 3.48. The van der Waals surface area contributed by atoms with Crippen molar-refractivity contribution in [2.75, 3.05) is 28.6 Å². The van der Waals surface area contributed by atoms with Crippen LogP contribution in [0.15, 0.2) is 60.0 Å². The topological polar surface area (TPSA) is 74.3 Å². The lowest BCUT2D eigenvalue weighted by Gasteiger charge is -2.28. The number of nitrogens with one attached hydrogen (secondary N) is 2. The van der Waals surface area contributed by atoms with Crippen LogP contribution in [0.5, 0.6) is 0 Å². The largest absolute Gasteiger partial charge is 0.372 e. The minimum Gasteiger partial charge on any atom is -0.372 e. The second-order valence-electron chi connectivity index (χ2n) is 7.28. The molecule has 2 amide bonds. The predicted octanol–water partition coefficient (Wildman–Crippen LogP) is 4.57. The summed E-state index contributed by atoms with van der Waals surface area (Å²) in [6.07, 6.45) is 3.93. The van der Waals surface area contributed by atoms with Gasteiger partial charge in [0.05, 0.1) is 12.1 Å². The fraction of sp³-hybridized carbons (Fsp3) is 0.261. The third-order valence-electron chi connectivity index (χ3n) is 5.02. The van der Waals surface area contributed by atoms with Gasteiger partial charge in [-0.3, -0.25) is 14.9 Å². The average Bonchev–Trinajstić information content (AvgIpc) is 3.22.